The number of ether oxygens (including phenoxy) is 2. The van der Waals surface area contributed by atoms with Crippen LogP contribution in [0.2, 0.25) is 10.0 Å². The number of carbonyl (C=O) groups excluding carboxylic acids is 2. The normalized spacial score (nSPS) is 21.9. The van der Waals surface area contributed by atoms with Gasteiger partial charge in [-0.2, -0.15) is 0 Å². The van der Waals surface area contributed by atoms with Gasteiger partial charge in [0.05, 0.1) is 17.2 Å². The number of nitrogens with zero attached hydrogens (tertiary/aromatic N) is 2. The van der Waals surface area contributed by atoms with E-state index in [0.29, 0.717) is 34.5 Å². The summed E-state index contributed by atoms with van der Waals surface area (Å²) in [5.74, 6) is 0.956. The number of aromatic nitrogens is 1. The molecule has 3 unspecified atom stereocenters. The van der Waals surface area contributed by atoms with Crippen LogP contribution in [0.15, 0.2) is 36.5 Å². The number of carbonyl (C=O) groups is 2. The van der Waals surface area contributed by atoms with Gasteiger partial charge in [0.25, 0.3) is 11.8 Å². The van der Waals surface area contributed by atoms with Gasteiger partial charge in [-0.3, -0.25) is 9.59 Å². The highest BCUT2D eigenvalue weighted by atomic mass is 35.5. The number of hydrogen-bond donors (Lipinski definition) is 2. The zero-order valence-corrected chi connectivity index (χ0v) is 21.3. The molecule has 4 rings (SSSR count). The van der Waals surface area contributed by atoms with E-state index in [9.17, 15) is 9.59 Å². The lowest BCUT2D eigenvalue weighted by Gasteiger charge is -2.40. The molecule has 1 aromatic heterocycles. The van der Waals surface area contributed by atoms with E-state index in [0.717, 1.165) is 31.5 Å². The Morgan fingerprint density at radius 1 is 1.17 bits per heavy atom. The van der Waals surface area contributed by atoms with Crippen LogP contribution in [-0.2, 0) is 9.53 Å². The Morgan fingerprint density at radius 3 is 2.54 bits per heavy atom. The van der Waals surface area contributed by atoms with Gasteiger partial charge in [0.1, 0.15) is 11.6 Å². The zero-order valence-electron chi connectivity index (χ0n) is 19.8. The van der Waals surface area contributed by atoms with Gasteiger partial charge < -0.3 is 25.0 Å². The van der Waals surface area contributed by atoms with Gasteiger partial charge >= 0.3 is 0 Å². The summed E-state index contributed by atoms with van der Waals surface area (Å²) in [5, 5.41) is 6.83. The van der Waals surface area contributed by atoms with E-state index in [2.05, 4.69) is 20.5 Å². The number of halogens is 2. The molecule has 0 saturated carbocycles. The van der Waals surface area contributed by atoms with Crippen LogP contribution in [0.3, 0.4) is 0 Å². The minimum absolute atomic E-state index is 0.0637. The molecule has 188 valence electrons. The van der Waals surface area contributed by atoms with Crippen LogP contribution in [0.1, 0.15) is 43.0 Å². The van der Waals surface area contributed by atoms with Gasteiger partial charge in [0.2, 0.25) is 0 Å². The predicted molar refractivity (Wildman–Crippen MR) is 135 cm³/mol. The van der Waals surface area contributed by atoms with Crippen molar-refractivity contribution in [3.63, 3.8) is 0 Å². The zero-order chi connectivity index (χ0) is 24.9. The summed E-state index contributed by atoms with van der Waals surface area (Å²) in [4.78, 5) is 31.9. The number of methoxy groups -OCH3 is 1. The SMILES string of the molecule is COCCNC(=O)c1ccc(N2C3CCC2CC(NC(=O)C(C)Oc2ccc(Cl)cc2Cl)C3)nc1. The summed E-state index contributed by atoms with van der Waals surface area (Å²) in [5.41, 5.74) is 0.522. The molecular weight excluding hydrogens is 491 g/mol. The maximum atomic E-state index is 12.8. The summed E-state index contributed by atoms with van der Waals surface area (Å²) >= 11 is 12.1. The Morgan fingerprint density at radius 2 is 1.91 bits per heavy atom. The Bertz CT molecular complexity index is 1040. The molecule has 10 heteroatoms. The van der Waals surface area contributed by atoms with E-state index < -0.39 is 6.10 Å². The van der Waals surface area contributed by atoms with E-state index >= 15 is 0 Å². The van der Waals surface area contributed by atoms with Crippen molar-refractivity contribution in [2.45, 2.75) is 56.8 Å². The molecule has 2 N–H and O–H groups in total. The number of pyridine rings is 1. The molecule has 35 heavy (non-hydrogen) atoms. The summed E-state index contributed by atoms with van der Waals surface area (Å²) in [7, 11) is 1.59. The lowest BCUT2D eigenvalue weighted by atomic mass is 9.97. The number of anilines is 1. The number of rotatable bonds is 9. The summed E-state index contributed by atoms with van der Waals surface area (Å²) in [6, 6.07) is 9.27. The van der Waals surface area contributed by atoms with Crippen molar-refractivity contribution in [1.82, 2.24) is 15.6 Å². The predicted octanol–water partition coefficient (Wildman–Crippen LogP) is 3.85. The van der Waals surface area contributed by atoms with Crippen LogP contribution in [0.25, 0.3) is 0 Å². The van der Waals surface area contributed by atoms with Crippen molar-refractivity contribution in [2.24, 2.45) is 0 Å². The minimum Gasteiger partial charge on any atom is -0.479 e. The van der Waals surface area contributed by atoms with Crippen LogP contribution >= 0.6 is 23.2 Å². The molecule has 1 aromatic carbocycles. The van der Waals surface area contributed by atoms with Crippen LogP contribution in [0.5, 0.6) is 5.75 Å². The first-order valence-corrected chi connectivity index (χ1v) is 12.5. The Kier molecular flexibility index (Phi) is 8.36. The fourth-order valence-corrected chi connectivity index (χ4v) is 5.30. The third-order valence-corrected chi connectivity index (χ3v) is 7.04. The molecule has 3 atom stereocenters. The number of hydrogen-bond acceptors (Lipinski definition) is 6. The van der Waals surface area contributed by atoms with Crippen LogP contribution in [0.4, 0.5) is 5.82 Å². The van der Waals surface area contributed by atoms with E-state index in [1.807, 2.05) is 6.07 Å². The molecule has 2 saturated heterocycles. The Labute approximate surface area is 215 Å². The molecule has 0 spiro atoms. The summed E-state index contributed by atoms with van der Waals surface area (Å²) in [6.07, 6.45) is 4.68. The van der Waals surface area contributed by atoms with E-state index in [1.165, 1.54) is 0 Å². The average molecular weight is 521 g/mol. The van der Waals surface area contributed by atoms with Crippen molar-refractivity contribution in [3.8, 4) is 5.75 Å². The molecule has 2 aliphatic heterocycles. The number of amides is 2. The molecule has 2 aromatic rings. The fraction of sp³-hybridized carbons (Fsp3) is 0.480. The topological polar surface area (TPSA) is 92.8 Å². The molecular formula is C25H30Cl2N4O4. The number of nitrogens with one attached hydrogen (secondary N) is 2. The van der Waals surface area contributed by atoms with Gasteiger partial charge in [0.15, 0.2) is 6.10 Å². The third-order valence-electron chi connectivity index (χ3n) is 6.51. The maximum absolute atomic E-state index is 12.8. The first-order valence-electron chi connectivity index (χ1n) is 11.8. The Balaban J connectivity index is 1.32. The van der Waals surface area contributed by atoms with Crippen LogP contribution in [0, 0.1) is 0 Å². The van der Waals surface area contributed by atoms with Crippen molar-refractivity contribution in [2.75, 3.05) is 25.2 Å². The smallest absolute Gasteiger partial charge is 0.260 e. The van der Waals surface area contributed by atoms with Crippen molar-refractivity contribution in [3.05, 3.63) is 52.1 Å². The first kappa shape index (κ1) is 25.5. The largest absolute Gasteiger partial charge is 0.479 e. The van der Waals surface area contributed by atoms with Crippen molar-refractivity contribution in [1.29, 1.82) is 0 Å². The third kappa shape index (κ3) is 6.18. The highest BCUT2D eigenvalue weighted by Gasteiger charge is 2.42. The number of benzene rings is 1. The lowest BCUT2D eigenvalue weighted by Crippen LogP contribution is -2.52. The van der Waals surface area contributed by atoms with E-state index in [-0.39, 0.29) is 29.9 Å². The van der Waals surface area contributed by atoms with Gasteiger partial charge in [0, 0.05) is 43.0 Å². The molecule has 8 nitrogen and oxygen atoms in total. The first-order chi connectivity index (χ1) is 16.9. The molecule has 2 amide bonds. The van der Waals surface area contributed by atoms with Crippen molar-refractivity contribution >= 4 is 40.8 Å². The number of fused-ring (bicyclic) bond motifs is 2. The monoisotopic (exact) mass is 520 g/mol. The maximum Gasteiger partial charge on any atom is 0.260 e. The standard InChI is InChI=1S/C25H30Cl2N4O4/c1-15(35-22-7-4-17(26)11-21(22)27)24(32)30-18-12-19-5-6-20(13-18)31(19)23-8-3-16(14-29-23)25(33)28-9-10-34-2/h3-4,7-8,11,14-15,18-20H,5-6,9-10,12-13H2,1-2H3,(H,28,33)(H,30,32). The van der Waals surface area contributed by atoms with E-state index in [1.54, 1.807) is 44.5 Å². The van der Waals surface area contributed by atoms with Crippen LogP contribution < -0.4 is 20.3 Å². The fourth-order valence-electron chi connectivity index (χ4n) is 4.84. The molecule has 2 aliphatic rings. The lowest BCUT2D eigenvalue weighted by molar-refractivity contribution is -0.128. The summed E-state index contributed by atoms with van der Waals surface area (Å²) in [6.45, 7) is 2.63. The second-order valence-electron chi connectivity index (χ2n) is 8.96. The average Bonchev–Trinajstić information content (AvgIpc) is 3.11. The molecule has 2 bridgehead atoms. The van der Waals surface area contributed by atoms with Crippen molar-refractivity contribution < 1.29 is 19.1 Å². The number of piperidine rings is 1. The molecule has 0 radical (unpaired) electrons. The quantitative estimate of drug-likeness (QED) is 0.488. The second-order valence-corrected chi connectivity index (χ2v) is 9.80. The van der Waals surface area contributed by atoms with Gasteiger partial charge in [-0.15, -0.1) is 0 Å². The molecule has 0 aliphatic carbocycles. The van der Waals surface area contributed by atoms with Crippen LogP contribution in [-0.4, -0.2) is 61.3 Å². The highest BCUT2D eigenvalue weighted by molar-refractivity contribution is 6.35. The van der Waals surface area contributed by atoms with E-state index in [4.69, 9.17) is 32.7 Å². The summed E-state index contributed by atoms with van der Waals surface area (Å²) < 4.78 is 10.7. The minimum atomic E-state index is -0.686. The Hall–Kier alpha value is -2.55. The van der Waals surface area contributed by atoms with Gasteiger partial charge in [-0.25, -0.2) is 4.98 Å². The molecule has 2 fully saturated rings. The molecule has 3 heterocycles. The van der Waals surface area contributed by atoms with Gasteiger partial charge in [-0.05, 0) is 62.9 Å². The highest BCUT2D eigenvalue weighted by Crippen LogP contribution is 2.38. The second kappa shape index (κ2) is 11.5. The van der Waals surface area contributed by atoms with Gasteiger partial charge in [-0.1, -0.05) is 23.2 Å².